The first-order chi connectivity index (χ1) is 35.4. The summed E-state index contributed by atoms with van der Waals surface area (Å²) >= 11 is 0. The molecule has 0 aromatic heterocycles. The van der Waals surface area contributed by atoms with Crippen LogP contribution in [0.4, 0.5) is 4.79 Å². The molecule has 73 heavy (non-hydrogen) atoms. The van der Waals surface area contributed by atoms with E-state index in [1.807, 2.05) is 20.8 Å². The predicted molar refractivity (Wildman–Crippen MR) is 292 cm³/mol. The SMILES string of the molecule is CC.CCC1CC(COC)N1C(=O)O.CCCCCCCCNC(=O)CN(CC=O)CC(=O)OCCCCCCCC.CCCCCCCCOC(=O)CN(CC(=O)OCCCCCCCC)CC(=O)C1CC1. The number of carbonyl (C=O) groups excluding carboxylic acids is 6. The van der Waals surface area contributed by atoms with Gasteiger partial charge in [0, 0.05) is 25.6 Å². The maximum atomic E-state index is 12.2. The van der Waals surface area contributed by atoms with Gasteiger partial charge in [0.05, 0.1) is 71.7 Å². The van der Waals surface area contributed by atoms with Crippen molar-refractivity contribution in [1.82, 2.24) is 20.0 Å². The fourth-order valence-electron chi connectivity index (χ4n) is 8.21. The van der Waals surface area contributed by atoms with E-state index in [4.69, 9.17) is 24.1 Å². The third-order valence-corrected chi connectivity index (χ3v) is 12.7. The highest BCUT2D eigenvalue weighted by Gasteiger charge is 2.40. The lowest BCUT2D eigenvalue weighted by Gasteiger charge is -2.46. The zero-order valence-electron chi connectivity index (χ0n) is 47.7. The Labute approximate surface area is 443 Å². The Morgan fingerprint density at radius 1 is 0.548 bits per heavy atom. The molecule has 1 heterocycles. The number of ketones is 1. The van der Waals surface area contributed by atoms with Crippen LogP contribution >= 0.6 is 0 Å². The molecule has 2 aliphatic rings. The first-order valence-corrected chi connectivity index (χ1v) is 29.1. The number of likely N-dealkylation sites (tertiary alicyclic amines) is 1. The number of hydrogen-bond acceptors (Lipinski definition) is 13. The predicted octanol–water partition coefficient (Wildman–Crippen LogP) is 11.1. The van der Waals surface area contributed by atoms with Crippen LogP contribution in [0.25, 0.3) is 0 Å². The second-order valence-corrected chi connectivity index (χ2v) is 19.4. The lowest BCUT2D eigenvalue weighted by molar-refractivity contribution is -0.149. The third kappa shape index (κ3) is 43.3. The molecule has 0 bridgehead atoms. The van der Waals surface area contributed by atoms with Gasteiger partial charge in [-0.15, -0.1) is 0 Å². The van der Waals surface area contributed by atoms with Gasteiger partial charge >= 0.3 is 24.0 Å². The number of esters is 3. The molecule has 2 N–H and O–H groups in total. The van der Waals surface area contributed by atoms with Crippen molar-refractivity contribution in [3.05, 3.63) is 0 Å². The van der Waals surface area contributed by atoms with Gasteiger partial charge in [-0.3, -0.25) is 38.7 Å². The number of aldehydes is 1. The zero-order chi connectivity index (χ0) is 54.7. The fraction of sp³-hybridized carbons (Fsp3) is 0.877. The minimum atomic E-state index is -0.824. The van der Waals surface area contributed by atoms with E-state index in [0.717, 1.165) is 89.9 Å². The smallest absolute Gasteiger partial charge is 0.407 e. The highest BCUT2D eigenvalue weighted by Crippen LogP contribution is 2.30. The highest BCUT2D eigenvalue weighted by molar-refractivity contribution is 5.86. The van der Waals surface area contributed by atoms with Crippen LogP contribution in [-0.4, -0.2) is 153 Å². The molecule has 1 saturated carbocycles. The number of nitrogens with zero attached hydrogens (tertiary/aromatic N) is 3. The Hall–Kier alpha value is -3.63. The lowest BCUT2D eigenvalue weighted by atomic mass is 9.92. The van der Waals surface area contributed by atoms with E-state index in [0.29, 0.717) is 39.3 Å². The van der Waals surface area contributed by atoms with Crippen molar-refractivity contribution in [2.45, 2.75) is 240 Å². The van der Waals surface area contributed by atoms with E-state index in [-0.39, 0.29) is 86.9 Å². The van der Waals surface area contributed by atoms with E-state index >= 15 is 0 Å². The number of carbonyl (C=O) groups is 7. The van der Waals surface area contributed by atoms with Crippen LogP contribution in [-0.2, 0) is 47.7 Å². The largest absolute Gasteiger partial charge is 0.465 e. The molecule has 1 saturated heterocycles. The summed E-state index contributed by atoms with van der Waals surface area (Å²) in [6, 6.07) is 0.292. The number of methoxy groups -OCH3 is 1. The van der Waals surface area contributed by atoms with E-state index < -0.39 is 6.09 Å². The van der Waals surface area contributed by atoms with Gasteiger partial charge < -0.3 is 34.2 Å². The molecule has 1 aliphatic carbocycles. The first kappa shape index (κ1) is 71.4. The molecular weight excluding hydrogens is 933 g/mol. The van der Waals surface area contributed by atoms with E-state index in [1.54, 1.807) is 12.0 Å². The Balaban J connectivity index is 0. The zero-order valence-corrected chi connectivity index (χ0v) is 47.7. The number of rotatable bonds is 44. The maximum absolute atomic E-state index is 12.2. The molecule has 428 valence electrons. The molecule has 16 nitrogen and oxygen atoms in total. The third-order valence-electron chi connectivity index (χ3n) is 12.7. The van der Waals surface area contributed by atoms with Gasteiger partial charge in [-0.05, 0) is 51.4 Å². The minimum absolute atomic E-state index is 0.0288. The summed E-state index contributed by atoms with van der Waals surface area (Å²) in [5.74, 6) is -1.08. The van der Waals surface area contributed by atoms with Crippen LogP contribution in [0.15, 0.2) is 0 Å². The molecule has 2 fully saturated rings. The van der Waals surface area contributed by atoms with Gasteiger partial charge in [0.15, 0.2) is 0 Å². The molecule has 0 spiro atoms. The van der Waals surface area contributed by atoms with Crippen LogP contribution in [0.5, 0.6) is 0 Å². The molecule has 2 rings (SSSR count). The average Bonchev–Trinajstić information content (AvgIpc) is 4.21. The Morgan fingerprint density at radius 3 is 1.32 bits per heavy atom. The van der Waals surface area contributed by atoms with E-state index in [2.05, 4.69) is 33.0 Å². The van der Waals surface area contributed by atoms with Crippen LogP contribution < -0.4 is 5.32 Å². The van der Waals surface area contributed by atoms with Gasteiger partial charge in [-0.25, -0.2) is 4.79 Å². The number of Topliss-reactive ketones (excluding diaryl/α,β-unsaturated/α-hetero) is 1. The molecule has 0 radical (unpaired) electrons. The molecule has 16 heteroatoms. The van der Waals surface area contributed by atoms with Gasteiger partial charge in [0.2, 0.25) is 5.91 Å². The topological polar surface area (TPSA) is 198 Å². The number of carboxylic acid groups (broad SMARTS) is 1. The summed E-state index contributed by atoms with van der Waals surface area (Å²) in [6.45, 7) is 17.2. The first-order valence-electron chi connectivity index (χ1n) is 29.1. The van der Waals surface area contributed by atoms with Gasteiger partial charge in [0.1, 0.15) is 12.1 Å². The van der Waals surface area contributed by atoms with Crippen molar-refractivity contribution in [2.75, 3.05) is 79.4 Å². The monoisotopic (exact) mass is 1040 g/mol. The summed E-state index contributed by atoms with van der Waals surface area (Å²) < 4.78 is 20.8. The maximum Gasteiger partial charge on any atom is 0.407 e. The van der Waals surface area contributed by atoms with Crippen LogP contribution in [0, 0.1) is 5.92 Å². The summed E-state index contributed by atoms with van der Waals surface area (Å²) in [5, 5.41) is 11.7. The minimum Gasteiger partial charge on any atom is -0.465 e. The summed E-state index contributed by atoms with van der Waals surface area (Å²) in [7, 11) is 1.60. The van der Waals surface area contributed by atoms with E-state index in [1.165, 1.54) is 99.7 Å². The van der Waals surface area contributed by atoms with Crippen molar-refractivity contribution < 1.29 is 57.6 Å². The second-order valence-electron chi connectivity index (χ2n) is 19.4. The quantitative estimate of drug-likeness (QED) is 0.0253. The fourth-order valence-corrected chi connectivity index (χ4v) is 8.21. The van der Waals surface area contributed by atoms with Gasteiger partial charge in [-0.2, -0.15) is 0 Å². The van der Waals surface area contributed by atoms with Gasteiger partial charge in [-0.1, -0.05) is 177 Å². The number of unbranched alkanes of at least 4 members (excludes halogenated alkanes) is 20. The Morgan fingerprint density at radius 2 is 0.945 bits per heavy atom. The average molecular weight is 1040 g/mol. The number of ether oxygens (including phenoxy) is 4. The molecule has 0 aromatic rings. The standard InChI is InChI=1S/C25H45NO5.C22H42N2O4.C8H15NO3.C2H6/c1-3-5-7-9-11-13-17-30-24(28)20-26(19-23(27)22-15-16-22)21-25(29)31-18-14-12-10-8-6-4-2;1-3-5-7-9-11-13-15-23-21(26)19-24(16-17-25)20-22(27)28-18-14-12-10-8-6-4-2;1-3-6-4-7(5-12-2)9(6)8(10)11;1-2/h22H,3-21H2,1-2H3;17H,3-16,18-20H2,1-2H3,(H,23,26);6-7H,3-5H2,1-2H3,(H,10,11);1-2H3. The van der Waals surface area contributed by atoms with Crippen molar-refractivity contribution in [1.29, 1.82) is 0 Å². The normalized spacial score (nSPS) is 14.6. The molecule has 2 atom stereocenters. The number of hydrogen-bond donors (Lipinski definition) is 2. The molecule has 2 amide bonds. The Bertz CT molecular complexity index is 1320. The van der Waals surface area contributed by atoms with E-state index in [9.17, 15) is 33.6 Å². The van der Waals surface area contributed by atoms with Crippen LogP contribution in [0.3, 0.4) is 0 Å². The highest BCUT2D eigenvalue weighted by atomic mass is 16.5. The van der Waals surface area contributed by atoms with Crippen LogP contribution in [0.2, 0.25) is 0 Å². The summed E-state index contributed by atoms with van der Waals surface area (Å²) in [5.41, 5.74) is 0. The molecule has 0 aromatic carbocycles. The van der Waals surface area contributed by atoms with Crippen LogP contribution in [0.1, 0.15) is 228 Å². The Kier molecular flexibility index (Phi) is 50.7. The number of nitrogens with one attached hydrogen (secondary N) is 1. The van der Waals surface area contributed by atoms with Crippen molar-refractivity contribution in [3.8, 4) is 0 Å². The summed E-state index contributed by atoms with van der Waals surface area (Å²) in [4.78, 5) is 86.6. The molecular formula is C57H108N4O12. The van der Waals surface area contributed by atoms with Crippen molar-refractivity contribution in [2.24, 2.45) is 5.92 Å². The molecule has 2 unspecified atom stereocenters. The lowest BCUT2D eigenvalue weighted by Crippen LogP contribution is -2.59. The molecule has 1 aliphatic heterocycles. The number of amides is 2. The summed E-state index contributed by atoms with van der Waals surface area (Å²) in [6.07, 6.45) is 30.9. The van der Waals surface area contributed by atoms with Crippen molar-refractivity contribution in [3.63, 3.8) is 0 Å². The second kappa shape index (κ2) is 51.8. The van der Waals surface area contributed by atoms with Crippen molar-refractivity contribution >= 4 is 42.0 Å². The van der Waals surface area contributed by atoms with Gasteiger partial charge in [0.25, 0.3) is 0 Å².